The molecule has 2 unspecified atom stereocenters. The van der Waals surface area contributed by atoms with Gasteiger partial charge in [0.25, 0.3) is 10.2 Å². The van der Waals surface area contributed by atoms with E-state index in [1.807, 2.05) is 0 Å². The lowest BCUT2D eigenvalue weighted by Gasteiger charge is -2.32. The average Bonchev–Trinajstić information content (AvgIpc) is 2.38. The Balaban J connectivity index is 1.83. The van der Waals surface area contributed by atoms with Crippen LogP contribution < -0.4 is 10.0 Å². The highest BCUT2D eigenvalue weighted by atomic mass is 32.2. The number of piperidine rings is 2. The zero-order valence-corrected chi connectivity index (χ0v) is 12.9. The summed E-state index contributed by atoms with van der Waals surface area (Å²) in [6.45, 7) is 8.25. The zero-order valence-electron chi connectivity index (χ0n) is 12.1. The van der Waals surface area contributed by atoms with Crippen LogP contribution in [-0.2, 0) is 10.2 Å². The smallest absolute Gasteiger partial charge is 0.279 e. The summed E-state index contributed by atoms with van der Waals surface area (Å²) in [5.74, 6) is 1.64. The molecule has 0 radical (unpaired) electrons. The molecule has 2 N–H and O–H groups in total. The second-order valence-corrected chi connectivity index (χ2v) is 7.92. The van der Waals surface area contributed by atoms with Crippen LogP contribution in [0.15, 0.2) is 0 Å². The van der Waals surface area contributed by atoms with Crippen molar-refractivity contribution in [2.75, 3.05) is 32.7 Å². The Bertz CT molecular complexity index is 377. The van der Waals surface area contributed by atoms with E-state index in [9.17, 15) is 8.42 Å². The fraction of sp³-hybridized carbons (Fsp3) is 1.00. The molecule has 0 aromatic heterocycles. The van der Waals surface area contributed by atoms with Crippen LogP contribution in [-0.4, -0.2) is 45.4 Å². The van der Waals surface area contributed by atoms with Gasteiger partial charge < -0.3 is 5.32 Å². The topological polar surface area (TPSA) is 61.4 Å². The lowest BCUT2D eigenvalue weighted by Crippen LogP contribution is -2.48. The fourth-order valence-electron chi connectivity index (χ4n) is 2.86. The van der Waals surface area contributed by atoms with E-state index in [4.69, 9.17) is 0 Å². The summed E-state index contributed by atoms with van der Waals surface area (Å²) < 4.78 is 28.9. The molecule has 112 valence electrons. The molecule has 0 aromatic rings. The van der Waals surface area contributed by atoms with Crippen LogP contribution in [0.5, 0.6) is 0 Å². The van der Waals surface area contributed by atoms with E-state index in [2.05, 4.69) is 23.9 Å². The second kappa shape index (κ2) is 6.52. The molecule has 2 aliphatic rings. The highest BCUT2D eigenvalue weighted by molar-refractivity contribution is 7.87. The Morgan fingerprint density at radius 3 is 2.53 bits per heavy atom. The van der Waals surface area contributed by atoms with Gasteiger partial charge in [0.05, 0.1) is 0 Å². The number of nitrogens with one attached hydrogen (secondary N) is 2. The first kappa shape index (κ1) is 15.2. The molecule has 0 aliphatic carbocycles. The standard InChI is InChI=1S/C13H27N3O2S/c1-11-4-7-16(8-5-11)19(17,18)15-10-13-9-14-6-3-12(13)2/h11-15H,3-10H2,1-2H3. The molecule has 2 aliphatic heterocycles. The van der Waals surface area contributed by atoms with Crippen molar-refractivity contribution in [2.24, 2.45) is 17.8 Å². The Morgan fingerprint density at radius 2 is 1.89 bits per heavy atom. The summed E-state index contributed by atoms with van der Waals surface area (Å²) in [5.41, 5.74) is 0. The van der Waals surface area contributed by atoms with Gasteiger partial charge in [-0.2, -0.15) is 12.7 Å². The van der Waals surface area contributed by atoms with E-state index in [0.29, 0.717) is 37.4 Å². The van der Waals surface area contributed by atoms with E-state index in [0.717, 1.165) is 32.4 Å². The van der Waals surface area contributed by atoms with Crippen LogP contribution in [0, 0.1) is 17.8 Å². The minimum atomic E-state index is -3.27. The first-order valence-corrected chi connectivity index (χ1v) is 8.88. The zero-order chi connectivity index (χ0) is 13.9. The van der Waals surface area contributed by atoms with Gasteiger partial charge in [0, 0.05) is 19.6 Å². The molecule has 5 nitrogen and oxygen atoms in total. The summed E-state index contributed by atoms with van der Waals surface area (Å²) in [7, 11) is -3.27. The highest BCUT2D eigenvalue weighted by Crippen LogP contribution is 2.20. The van der Waals surface area contributed by atoms with Gasteiger partial charge >= 0.3 is 0 Å². The quantitative estimate of drug-likeness (QED) is 0.805. The molecule has 0 spiro atoms. The van der Waals surface area contributed by atoms with E-state index < -0.39 is 10.2 Å². The summed E-state index contributed by atoms with van der Waals surface area (Å²) in [6, 6.07) is 0. The number of hydrogen-bond donors (Lipinski definition) is 2. The van der Waals surface area contributed by atoms with E-state index >= 15 is 0 Å². The maximum absolute atomic E-state index is 12.2. The van der Waals surface area contributed by atoms with Gasteiger partial charge in [0.15, 0.2) is 0 Å². The van der Waals surface area contributed by atoms with Crippen LogP contribution >= 0.6 is 0 Å². The normalized spacial score (nSPS) is 31.5. The molecular weight excluding hydrogens is 262 g/mol. The molecular formula is C13H27N3O2S. The van der Waals surface area contributed by atoms with Crippen LogP contribution in [0.25, 0.3) is 0 Å². The van der Waals surface area contributed by atoms with Gasteiger partial charge in [-0.25, -0.2) is 4.72 Å². The van der Waals surface area contributed by atoms with Crippen molar-refractivity contribution in [3.8, 4) is 0 Å². The number of hydrogen-bond acceptors (Lipinski definition) is 3. The minimum absolute atomic E-state index is 0.409. The lowest BCUT2D eigenvalue weighted by molar-refractivity contribution is 0.264. The first-order chi connectivity index (χ1) is 8.99. The Morgan fingerprint density at radius 1 is 1.21 bits per heavy atom. The van der Waals surface area contributed by atoms with E-state index in [-0.39, 0.29) is 0 Å². The largest absolute Gasteiger partial charge is 0.316 e. The van der Waals surface area contributed by atoms with Gasteiger partial charge in [-0.05, 0) is 50.1 Å². The molecule has 0 bridgehead atoms. The Labute approximate surface area is 117 Å². The van der Waals surface area contributed by atoms with Crippen LogP contribution in [0.1, 0.15) is 33.1 Å². The molecule has 0 saturated carbocycles. The SMILES string of the molecule is CC1CCN(S(=O)(=O)NCC2CNCCC2C)CC1. The van der Waals surface area contributed by atoms with Crippen molar-refractivity contribution in [2.45, 2.75) is 33.1 Å². The Hall–Kier alpha value is -0.170. The van der Waals surface area contributed by atoms with Gasteiger partial charge in [0.1, 0.15) is 0 Å². The molecule has 2 fully saturated rings. The maximum Gasteiger partial charge on any atom is 0.279 e. The summed E-state index contributed by atoms with van der Waals surface area (Å²) in [4.78, 5) is 0. The van der Waals surface area contributed by atoms with E-state index in [1.165, 1.54) is 0 Å². The molecule has 2 atom stereocenters. The molecule has 19 heavy (non-hydrogen) atoms. The van der Waals surface area contributed by atoms with Crippen molar-refractivity contribution < 1.29 is 8.42 Å². The summed E-state index contributed by atoms with van der Waals surface area (Å²) in [6.07, 6.45) is 3.08. The highest BCUT2D eigenvalue weighted by Gasteiger charge is 2.28. The van der Waals surface area contributed by atoms with Gasteiger partial charge in [0.2, 0.25) is 0 Å². The third kappa shape index (κ3) is 4.15. The fourth-order valence-corrected chi connectivity index (χ4v) is 4.16. The number of nitrogens with zero attached hydrogens (tertiary/aromatic N) is 1. The average molecular weight is 289 g/mol. The van der Waals surface area contributed by atoms with Gasteiger partial charge in [-0.1, -0.05) is 13.8 Å². The molecule has 6 heteroatoms. The lowest BCUT2D eigenvalue weighted by atomic mass is 9.88. The van der Waals surface area contributed by atoms with Crippen molar-refractivity contribution in [3.63, 3.8) is 0 Å². The minimum Gasteiger partial charge on any atom is -0.316 e. The predicted octanol–water partition coefficient (Wildman–Crippen LogP) is 0.798. The Kier molecular flexibility index (Phi) is 5.22. The molecule has 0 aromatic carbocycles. The summed E-state index contributed by atoms with van der Waals surface area (Å²) >= 11 is 0. The van der Waals surface area contributed by atoms with Crippen molar-refractivity contribution in [3.05, 3.63) is 0 Å². The van der Waals surface area contributed by atoms with E-state index in [1.54, 1.807) is 4.31 Å². The van der Waals surface area contributed by atoms with Crippen LogP contribution in [0.2, 0.25) is 0 Å². The third-order valence-electron chi connectivity index (χ3n) is 4.60. The summed E-state index contributed by atoms with van der Waals surface area (Å²) in [5, 5.41) is 3.34. The third-order valence-corrected chi connectivity index (χ3v) is 6.17. The molecule has 2 rings (SSSR count). The number of rotatable bonds is 4. The van der Waals surface area contributed by atoms with Crippen molar-refractivity contribution in [1.29, 1.82) is 0 Å². The molecule has 0 amide bonds. The molecule has 2 heterocycles. The van der Waals surface area contributed by atoms with Crippen LogP contribution in [0.3, 0.4) is 0 Å². The monoisotopic (exact) mass is 289 g/mol. The maximum atomic E-state index is 12.2. The predicted molar refractivity (Wildman–Crippen MR) is 77.0 cm³/mol. The second-order valence-electron chi connectivity index (χ2n) is 6.17. The van der Waals surface area contributed by atoms with Crippen LogP contribution in [0.4, 0.5) is 0 Å². The van der Waals surface area contributed by atoms with Crippen molar-refractivity contribution >= 4 is 10.2 Å². The van der Waals surface area contributed by atoms with Gasteiger partial charge in [-0.15, -0.1) is 0 Å². The first-order valence-electron chi connectivity index (χ1n) is 7.44. The van der Waals surface area contributed by atoms with Gasteiger partial charge in [-0.3, -0.25) is 0 Å². The van der Waals surface area contributed by atoms with Crippen molar-refractivity contribution in [1.82, 2.24) is 14.3 Å². The molecule has 2 saturated heterocycles.